The first-order chi connectivity index (χ1) is 12.5. The Kier molecular flexibility index (Phi) is 4.17. The van der Waals surface area contributed by atoms with Crippen LogP contribution in [-0.2, 0) is 21.3 Å². The molecule has 138 valence electrons. The molecule has 10 heteroatoms. The van der Waals surface area contributed by atoms with Crippen LogP contribution in [0.15, 0.2) is 40.3 Å². The Balaban J connectivity index is 1.62. The minimum absolute atomic E-state index is 0.144. The third-order valence-electron chi connectivity index (χ3n) is 4.50. The molecule has 1 aromatic carbocycles. The van der Waals surface area contributed by atoms with Crippen molar-refractivity contribution in [1.29, 1.82) is 0 Å². The maximum absolute atomic E-state index is 13.0. The van der Waals surface area contributed by atoms with E-state index in [2.05, 4.69) is 15.1 Å². The van der Waals surface area contributed by atoms with Gasteiger partial charge in [0.1, 0.15) is 0 Å². The van der Waals surface area contributed by atoms with E-state index in [-0.39, 0.29) is 29.8 Å². The lowest BCUT2D eigenvalue weighted by Crippen LogP contribution is -2.42. The summed E-state index contributed by atoms with van der Waals surface area (Å²) in [6, 6.07) is 4.56. The molecule has 1 aliphatic rings. The minimum Gasteiger partial charge on any atom is -0.371 e. The van der Waals surface area contributed by atoms with Crippen LogP contribution in [0.4, 0.5) is 0 Å². The lowest BCUT2D eigenvalue weighted by molar-refractivity contribution is -0.00260. The number of fused-ring (bicyclic) bond motifs is 1. The van der Waals surface area contributed by atoms with Gasteiger partial charge in [0, 0.05) is 31.4 Å². The van der Waals surface area contributed by atoms with Crippen LogP contribution in [0.2, 0.25) is 0 Å². The molecule has 0 unspecified atom stereocenters. The number of imidazole rings is 1. The van der Waals surface area contributed by atoms with Crippen LogP contribution in [-0.4, -0.2) is 52.2 Å². The van der Waals surface area contributed by atoms with E-state index < -0.39 is 10.0 Å². The predicted octanol–water partition coefficient (Wildman–Crippen LogP) is 0.835. The Bertz CT molecular complexity index is 1100. The van der Waals surface area contributed by atoms with Gasteiger partial charge in [0.2, 0.25) is 10.0 Å². The van der Waals surface area contributed by atoms with Gasteiger partial charge in [0.15, 0.2) is 0 Å². The second kappa shape index (κ2) is 6.38. The monoisotopic (exact) mass is 377 g/mol. The number of nitrogens with zero attached hydrogens (tertiary/aromatic N) is 3. The standard InChI is InChI=1S/C16H19N5O4S/c1-2-20-9-11(8-17-20)15-10-21(5-6-25-15)26(23,24)12-3-4-13-14(7-12)19-16(22)18-13/h3-4,7-9,15H,2,5-6,10H2,1H3,(H2,18,19,22)/t15-/m1/s1. The highest BCUT2D eigenvalue weighted by Crippen LogP contribution is 2.27. The van der Waals surface area contributed by atoms with E-state index in [1.165, 1.54) is 16.4 Å². The Morgan fingerprint density at radius 1 is 1.31 bits per heavy atom. The van der Waals surface area contributed by atoms with E-state index in [1.54, 1.807) is 16.9 Å². The summed E-state index contributed by atoms with van der Waals surface area (Å²) >= 11 is 0. The van der Waals surface area contributed by atoms with Crippen molar-refractivity contribution in [2.45, 2.75) is 24.5 Å². The number of hydrogen-bond acceptors (Lipinski definition) is 5. The molecule has 9 nitrogen and oxygen atoms in total. The third kappa shape index (κ3) is 2.96. The fourth-order valence-corrected chi connectivity index (χ4v) is 4.54. The zero-order valence-electron chi connectivity index (χ0n) is 14.2. The first kappa shape index (κ1) is 17.0. The van der Waals surface area contributed by atoms with Gasteiger partial charge in [0.05, 0.1) is 34.8 Å². The molecule has 2 N–H and O–H groups in total. The molecule has 2 aromatic heterocycles. The molecule has 0 saturated carbocycles. The number of aromatic nitrogens is 4. The lowest BCUT2D eigenvalue weighted by Gasteiger charge is -2.31. The maximum Gasteiger partial charge on any atom is 0.323 e. The molecule has 1 atom stereocenters. The van der Waals surface area contributed by atoms with Crippen LogP contribution in [0.1, 0.15) is 18.6 Å². The van der Waals surface area contributed by atoms with Gasteiger partial charge in [0.25, 0.3) is 0 Å². The Morgan fingerprint density at radius 3 is 2.88 bits per heavy atom. The topological polar surface area (TPSA) is 113 Å². The quantitative estimate of drug-likeness (QED) is 0.699. The summed E-state index contributed by atoms with van der Waals surface area (Å²) in [5.74, 6) is 0. The van der Waals surface area contributed by atoms with Gasteiger partial charge in [-0.2, -0.15) is 9.40 Å². The van der Waals surface area contributed by atoms with Crippen LogP contribution >= 0.6 is 0 Å². The number of morpholine rings is 1. The zero-order chi connectivity index (χ0) is 18.3. The summed E-state index contributed by atoms with van der Waals surface area (Å²) in [6.45, 7) is 3.53. The molecule has 4 rings (SSSR count). The first-order valence-electron chi connectivity index (χ1n) is 8.33. The van der Waals surface area contributed by atoms with Crippen molar-refractivity contribution in [2.24, 2.45) is 0 Å². The van der Waals surface area contributed by atoms with Crippen LogP contribution < -0.4 is 5.69 Å². The van der Waals surface area contributed by atoms with Gasteiger partial charge in [-0.1, -0.05) is 0 Å². The van der Waals surface area contributed by atoms with Gasteiger partial charge in [-0.15, -0.1) is 0 Å². The van der Waals surface area contributed by atoms with Gasteiger partial charge in [-0.3, -0.25) is 4.68 Å². The van der Waals surface area contributed by atoms with Crippen molar-refractivity contribution >= 4 is 21.1 Å². The summed E-state index contributed by atoms with van der Waals surface area (Å²) in [7, 11) is -3.69. The Hall–Kier alpha value is -2.43. The van der Waals surface area contributed by atoms with Crippen molar-refractivity contribution < 1.29 is 13.2 Å². The molecule has 0 radical (unpaired) electrons. The van der Waals surface area contributed by atoms with Crippen molar-refractivity contribution in [1.82, 2.24) is 24.1 Å². The molecule has 3 heterocycles. The van der Waals surface area contributed by atoms with Crippen LogP contribution in [0.25, 0.3) is 11.0 Å². The highest BCUT2D eigenvalue weighted by Gasteiger charge is 2.32. The second-order valence-electron chi connectivity index (χ2n) is 6.14. The molecule has 0 spiro atoms. The number of ether oxygens (including phenoxy) is 1. The van der Waals surface area contributed by atoms with Crippen LogP contribution in [0.5, 0.6) is 0 Å². The van der Waals surface area contributed by atoms with Crippen molar-refractivity contribution in [3.8, 4) is 0 Å². The Labute approximate surface area is 149 Å². The molecular formula is C16H19N5O4S. The average molecular weight is 377 g/mol. The van der Waals surface area contributed by atoms with E-state index >= 15 is 0 Å². The highest BCUT2D eigenvalue weighted by molar-refractivity contribution is 7.89. The molecule has 0 aliphatic carbocycles. The summed E-state index contributed by atoms with van der Waals surface area (Å²) in [5.41, 5.74) is 1.52. The molecular weight excluding hydrogens is 358 g/mol. The number of benzene rings is 1. The van der Waals surface area contributed by atoms with Crippen molar-refractivity contribution in [3.05, 3.63) is 46.6 Å². The van der Waals surface area contributed by atoms with Crippen molar-refractivity contribution in [2.75, 3.05) is 19.7 Å². The van der Waals surface area contributed by atoms with Gasteiger partial charge in [-0.05, 0) is 25.1 Å². The number of nitrogens with one attached hydrogen (secondary N) is 2. The third-order valence-corrected chi connectivity index (χ3v) is 6.36. The summed E-state index contributed by atoms with van der Waals surface area (Å²) in [6.07, 6.45) is 3.23. The zero-order valence-corrected chi connectivity index (χ0v) is 15.0. The number of rotatable bonds is 4. The number of H-pyrrole nitrogens is 2. The minimum atomic E-state index is -3.69. The number of aromatic amines is 2. The van der Waals surface area contributed by atoms with E-state index in [9.17, 15) is 13.2 Å². The molecule has 26 heavy (non-hydrogen) atoms. The molecule has 0 bridgehead atoms. The largest absolute Gasteiger partial charge is 0.371 e. The van der Waals surface area contributed by atoms with Gasteiger partial charge in [-0.25, -0.2) is 13.2 Å². The smallest absolute Gasteiger partial charge is 0.323 e. The molecule has 1 fully saturated rings. The van der Waals surface area contributed by atoms with Crippen molar-refractivity contribution in [3.63, 3.8) is 0 Å². The normalized spacial score (nSPS) is 19.2. The fraction of sp³-hybridized carbons (Fsp3) is 0.375. The molecule has 0 amide bonds. The summed E-state index contributed by atoms with van der Waals surface area (Å²) < 4.78 is 35.0. The van der Waals surface area contributed by atoms with Gasteiger partial charge >= 0.3 is 5.69 Å². The van der Waals surface area contributed by atoms with E-state index in [1.807, 2.05) is 13.1 Å². The number of sulfonamides is 1. The summed E-state index contributed by atoms with van der Waals surface area (Å²) in [5, 5.41) is 4.22. The van der Waals surface area contributed by atoms with Gasteiger partial charge < -0.3 is 14.7 Å². The number of aryl methyl sites for hydroxylation is 1. The first-order valence-corrected chi connectivity index (χ1v) is 9.77. The fourth-order valence-electron chi connectivity index (χ4n) is 3.09. The van der Waals surface area contributed by atoms with Crippen LogP contribution in [0, 0.1) is 0 Å². The Morgan fingerprint density at radius 2 is 2.12 bits per heavy atom. The molecule has 1 saturated heterocycles. The number of hydrogen-bond donors (Lipinski definition) is 2. The lowest BCUT2D eigenvalue weighted by atomic mass is 10.2. The second-order valence-corrected chi connectivity index (χ2v) is 8.08. The molecule has 3 aromatic rings. The van der Waals surface area contributed by atoms with E-state index in [4.69, 9.17) is 4.74 Å². The highest BCUT2D eigenvalue weighted by atomic mass is 32.2. The molecule has 1 aliphatic heterocycles. The summed E-state index contributed by atoms with van der Waals surface area (Å²) in [4.78, 5) is 16.7. The van der Waals surface area contributed by atoms with Crippen LogP contribution in [0.3, 0.4) is 0 Å². The SMILES string of the molecule is CCn1cc([C@H]2CN(S(=O)(=O)c3ccc4[nH]c(=O)[nH]c4c3)CCO2)cn1. The average Bonchev–Trinajstić information content (AvgIpc) is 3.26. The van der Waals surface area contributed by atoms with E-state index in [0.717, 1.165) is 12.1 Å². The predicted molar refractivity (Wildman–Crippen MR) is 94.3 cm³/mol. The van der Waals surface area contributed by atoms with E-state index in [0.29, 0.717) is 17.6 Å². The maximum atomic E-state index is 13.0.